The van der Waals surface area contributed by atoms with Crippen LogP contribution in [0, 0.1) is 0 Å². The van der Waals surface area contributed by atoms with Gasteiger partial charge < -0.3 is 4.74 Å². The number of nitrogens with zero attached hydrogens (tertiary/aromatic N) is 1. The molecule has 1 aromatic carbocycles. The number of benzene rings is 1. The van der Waals surface area contributed by atoms with Gasteiger partial charge >= 0.3 is 0 Å². The van der Waals surface area contributed by atoms with Crippen LogP contribution in [0.1, 0.15) is 48.7 Å². The normalized spacial score (nSPS) is 10.8. The minimum Gasteiger partial charge on any atom is -0.494 e. The molecule has 3 heteroatoms. The first-order valence-electron chi connectivity index (χ1n) is 8.16. The van der Waals surface area contributed by atoms with Crippen LogP contribution in [0.3, 0.4) is 0 Å². The molecule has 0 spiro atoms. The van der Waals surface area contributed by atoms with Crippen LogP contribution >= 0.6 is 0 Å². The minimum atomic E-state index is -0.0955. The monoisotopic (exact) mass is 309 g/mol. The molecule has 0 unspecified atom stereocenters. The van der Waals surface area contributed by atoms with Gasteiger partial charge in [-0.15, -0.1) is 0 Å². The Morgan fingerprint density at radius 3 is 2.61 bits per heavy atom. The van der Waals surface area contributed by atoms with Crippen LogP contribution < -0.4 is 4.74 Å². The van der Waals surface area contributed by atoms with Gasteiger partial charge in [-0.1, -0.05) is 50.5 Å². The summed E-state index contributed by atoms with van der Waals surface area (Å²) in [5.41, 5.74) is 1.42. The molecule has 120 valence electrons. The maximum atomic E-state index is 11.9. The number of hydrogen-bond donors (Lipinski definition) is 0. The molecule has 1 aromatic heterocycles. The number of hydrogen-bond acceptors (Lipinski definition) is 3. The largest absolute Gasteiger partial charge is 0.494 e. The van der Waals surface area contributed by atoms with E-state index in [1.54, 1.807) is 36.5 Å². The minimum absolute atomic E-state index is 0.0955. The van der Waals surface area contributed by atoms with Crippen molar-refractivity contribution in [1.29, 1.82) is 0 Å². The zero-order chi connectivity index (χ0) is 16.3. The highest BCUT2D eigenvalue weighted by molar-refractivity contribution is 6.05. The van der Waals surface area contributed by atoms with E-state index < -0.39 is 0 Å². The van der Waals surface area contributed by atoms with Crippen molar-refractivity contribution < 1.29 is 9.53 Å². The molecule has 0 bridgehead atoms. The second-order valence-corrected chi connectivity index (χ2v) is 5.39. The number of ketones is 1. The van der Waals surface area contributed by atoms with E-state index in [2.05, 4.69) is 11.9 Å². The highest BCUT2D eigenvalue weighted by Crippen LogP contribution is 2.14. The van der Waals surface area contributed by atoms with Crippen LogP contribution in [0.4, 0.5) is 0 Å². The van der Waals surface area contributed by atoms with Crippen LogP contribution in [0.25, 0.3) is 6.08 Å². The van der Waals surface area contributed by atoms with E-state index in [0.29, 0.717) is 5.69 Å². The van der Waals surface area contributed by atoms with Gasteiger partial charge in [-0.2, -0.15) is 0 Å². The van der Waals surface area contributed by atoms with Crippen molar-refractivity contribution in [3.05, 3.63) is 66.0 Å². The second kappa shape index (κ2) is 9.57. The fourth-order valence-corrected chi connectivity index (χ4v) is 2.16. The molecule has 0 atom stereocenters. The Hall–Kier alpha value is -2.42. The van der Waals surface area contributed by atoms with Crippen molar-refractivity contribution in [3.8, 4) is 5.75 Å². The lowest BCUT2D eigenvalue weighted by molar-refractivity contribution is 0.104. The van der Waals surface area contributed by atoms with Gasteiger partial charge in [0.15, 0.2) is 0 Å². The summed E-state index contributed by atoms with van der Waals surface area (Å²) in [6.07, 6.45) is 9.76. The molecule has 0 aliphatic rings. The van der Waals surface area contributed by atoms with Crippen molar-refractivity contribution in [2.24, 2.45) is 0 Å². The third kappa shape index (κ3) is 6.07. The number of ether oxygens (including phenoxy) is 1. The lowest BCUT2D eigenvalue weighted by Gasteiger charge is -2.06. The summed E-state index contributed by atoms with van der Waals surface area (Å²) in [7, 11) is 0. The topological polar surface area (TPSA) is 39.2 Å². The molecular formula is C20H23NO2. The van der Waals surface area contributed by atoms with E-state index in [1.165, 1.54) is 19.3 Å². The summed E-state index contributed by atoms with van der Waals surface area (Å²) in [4.78, 5) is 16.0. The maximum absolute atomic E-state index is 11.9. The van der Waals surface area contributed by atoms with Crippen LogP contribution in [-0.4, -0.2) is 17.4 Å². The third-order valence-electron chi connectivity index (χ3n) is 3.49. The summed E-state index contributed by atoms with van der Waals surface area (Å²) < 4.78 is 5.70. The van der Waals surface area contributed by atoms with E-state index >= 15 is 0 Å². The third-order valence-corrected chi connectivity index (χ3v) is 3.49. The van der Waals surface area contributed by atoms with Gasteiger partial charge in [-0.05, 0) is 42.3 Å². The first-order valence-corrected chi connectivity index (χ1v) is 8.16. The Morgan fingerprint density at radius 2 is 1.91 bits per heavy atom. The van der Waals surface area contributed by atoms with Crippen molar-refractivity contribution in [3.63, 3.8) is 0 Å². The van der Waals surface area contributed by atoms with Crippen LogP contribution in [0.2, 0.25) is 0 Å². The van der Waals surface area contributed by atoms with Gasteiger partial charge in [0, 0.05) is 6.20 Å². The smallest absolute Gasteiger partial charge is 0.204 e. The molecule has 3 nitrogen and oxygen atoms in total. The Labute approximate surface area is 138 Å². The molecule has 23 heavy (non-hydrogen) atoms. The number of rotatable bonds is 9. The van der Waals surface area contributed by atoms with Crippen LogP contribution in [0.15, 0.2) is 54.7 Å². The van der Waals surface area contributed by atoms with Crippen molar-refractivity contribution in [2.45, 2.75) is 32.6 Å². The average Bonchev–Trinajstić information content (AvgIpc) is 2.61. The van der Waals surface area contributed by atoms with Gasteiger partial charge in [-0.25, -0.2) is 0 Å². The standard InChI is InChI=1S/C20H23NO2/c1-2-3-4-7-16-23-18-12-9-17(10-13-18)11-14-20(22)19-8-5-6-15-21-19/h5-6,8-15H,2-4,7,16H2,1H3/b14-11+. The fraction of sp³-hybridized carbons (Fsp3) is 0.300. The number of carbonyl (C=O) groups excluding carboxylic acids is 1. The Kier molecular flexibility index (Phi) is 7.05. The molecule has 2 aromatic rings. The summed E-state index contributed by atoms with van der Waals surface area (Å²) in [5.74, 6) is 0.775. The molecule has 0 radical (unpaired) electrons. The molecule has 0 amide bonds. The fourth-order valence-electron chi connectivity index (χ4n) is 2.16. The highest BCUT2D eigenvalue weighted by Gasteiger charge is 2.01. The van der Waals surface area contributed by atoms with Gasteiger partial charge in [0.25, 0.3) is 0 Å². The summed E-state index contributed by atoms with van der Waals surface area (Å²) in [6.45, 7) is 2.96. The van der Waals surface area contributed by atoms with E-state index in [9.17, 15) is 4.79 Å². The Bertz CT molecular complexity index is 618. The molecule has 0 N–H and O–H groups in total. The molecule has 0 saturated carbocycles. The maximum Gasteiger partial charge on any atom is 0.204 e. The van der Waals surface area contributed by atoms with Crippen molar-refractivity contribution in [1.82, 2.24) is 4.98 Å². The first kappa shape index (κ1) is 16.9. The Morgan fingerprint density at radius 1 is 1.09 bits per heavy atom. The lowest BCUT2D eigenvalue weighted by Crippen LogP contribution is -1.97. The molecule has 2 rings (SSSR count). The Balaban J connectivity index is 1.82. The van der Waals surface area contributed by atoms with Crippen molar-refractivity contribution >= 4 is 11.9 Å². The quantitative estimate of drug-likeness (QED) is 0.374. The summed E-state index contributed by atoms with van der Waals surface area (Å²) in [5, 5.41) is 0. The lowest BCUT2D eigenvalue weighted by atomic mass is 10.1. The van der Waals surface area contributed by atoms with Gasteiger partial charge in [-0.3, -0.25) is 9.78 Å². The number of unbranched alkanes of at least 4 members (excludes halogenated alkanes) is 3. The number of pyridine rings is 1. The first-order chi connectivity index (χ1) is 11.3. The number of carbonyl (C=O) groups is 1. The molecule has 0 aliphatic carbocycles. The van der Waals surface area contributed by atoms with E-state index in [-0.39, 0.29) is 5.78 Å². The molecule has 0 saturated heterocycles. The summed E-state index contributed by atoms with van der Waals surface area (Å²) in [6, 6.07) is 13.1. The van der Waals surface area contributed by atoms with Crippen LogP contribution in [-0.2, 0) is 0 Å². The van der Waals surface area contributed by atoms with E-state index in [0.717, 1.165) is 24.3 Å². The predicted octanol–water partition coefficient (Wildman–Crippen LogP) is 4.94. The van der Waals surface area contributed by atoms with E-state index in [1.807, 2.05) is 24.3 Å². The molecule has 0 aliphatic heterocycles. The van der Waals surface area contributed by atoms with Crippen molar-refractivity contribution in [2.75, 3.05) is 6.61 Å². The van der Waals surface area contributed by atoms with Gasteiger partial charge in [0.05, 0.1) is 6.61 Å². The molecule has 1 heterocycles. The molecular weight excluding hydrogens is 286 g/mol. The molecule has 0 fully saturated rings. The van der Waals surface area contributed by atoms with Gasteiger partial charge in [0.2, 0.25) is 5.78 Å². The zero-order valence-electron chi connectivity index (χ0n) is 13.6. The predicted molar refractivity (Wildman–Crippen MR) is 93.7 cm³/mol. The van der Waals surface area contributed by atoms with Crippen LogP contribution in [0.5, 0.6) is 5.75 Å². The highest BCUT2D eigenvalue weighted by atomic mass is 16.5. The van der Waals surface area contributed by atoms with Gasteiger partial charge in [0.1, 0.15) is 11.4 Å². The zero-order valence-corrected chi connectivity index (χ0v) is 13.6. The second-order valence-electron chi connectivity index (χ2n) is 5.39. The van der Waals surface area contributed by atoms with E-state index in [4.69, 9.17) is 4.74 Å². The number of allylic oxidation sites excluding steroid dienone is 1. The number of aromatic nitrogens is 1. The average molecular weight is 309 g/mol. The SMILES string of the molecule is CCCCCCOc1ccc(/C=C/C(=O)c2ccccn2)cc1. The summed E-state index contributed by atoms with van der Waals surface area (Å²) >= 11 is 0.